The molecule has 0 amide bonds. The molecule has 2 N–H and O–H groups in total. The van der Waals surface area contributed by atoms with E-state index in [-0.39, 0.29) is 18.8 Å². The van der Waals surface area contributed by atoms with Crippen LogP contribution in [0, 0.1) is 0 Å². The van der Waals surface area contributed by atoms with E-state index < -0.39 is 6.10 Å². The summed E-state index contributed by atoms with van der Waals surface area (Å²) >= 11 is 11.7. The lowest BCUT2D eigenvalue weighted by Gasteiger charge is -2.32. The highest BCUT2D eigenvalue weighted by Gasteiger charge is 2.29. The van der Waals surface area contributed by atoms with Gasteiger partial charge in [0.1, 0.15) is 0 Å². The molecule has 2 rings (SSSR count). The number of ether oxygens (including phenoxy) is 1. The zero-order valence-corrected chi connectivity index (χ0v) is 17.1. The molecular weight excluding hydrogens is 412 g/mol. The Labute approximate surface area is 161 Å². The molecule has 0 aromatic heterocycles. The van der Waals surface area contributed by atoms with E-state index in [9.17, 15) is 10.2 Å². The lowest BCUT2D eigenvalue weighted by molar-refractivity contribution is -0.113. The average Bonchev–Trinajstić information content (AvgIpc) is 2.55. The number of aliphatic hydroxyl groups excluding tert-OH is 2. The summed E-state index contributed by atoms with van der Waals surface area (Å²) in [7, 11) is 0. The van der Waals surface area contributed by atoms with Crippen LogP contribution in [0.5, 0.6) is 0 Å². The molecule has 4 unspecified atom stereocenters. The van der Waals surface area contributed by atoms with E-state index >= 15 is 0 Å². The Morgan fingerprint density at radius 2 is 2.25 bits per heavy atom. The van der Waals surface area contributed by atoms with Gasteiger partial charge in [0.05, 0.1) is 29.1 Å². The Hall–Kier alpha value is -0.0400. The van der Waals surface area contributed by atoms with Gasteiger partial charge < -0.3 is 14.9 Å². The topological polar surface area (TPSA) is 49.7 Å². The molecule has 24 heavy (non-hydrogen) atoms. The van der Waals surface area contributed by atoms with Crippen molar-refractivity contribution in [2.45, 2.75) is 55.6 Å². The van der Waals surface area contributed by atoms with Gasteiger partial charge in [-0.1, -0.05) is 45.7 Å². The molecule has 0 radical (unpaired) electrons. The van der Waals surface area contributed by atoms with E-state index in [0.29, 0.717) is 17.0 Å². The van der Waals surface area contributed by atoms with Gasteiger partial charge in [-0.2, -0.15) is 0 Å². The van der Waals surface area contributed by atoms with Crippen molar-refractivity contribution in [3.63, 3.8) is 0 Å². The SMILES string of the molecule is C/C=C(/Cc1cc(C2CC(O)CC(CO)O2)ccc1Cl)SC(C)Br. The predicted octanol–water partition coefficient (Wildman–Crippen LogP) is 4.83. The van der Waals surface area contributed by atoms with Gasteiger partial charge in [-0.25, -0.2) is 0 Å². The van der Waals surface area contributed by atoms with Crippen LogP contribution in [0.4, 0.5) is 0 Å². The monoisotopic (exact) mass is 434 g/mol. The van der Waals surface area contributed by atoms with Crippen molar-refractivity contribution in [1.82, 2.24) is 0 Å². The summed E-state index contributed by atoms with van der Waals surface area (Å²) in [5, 5.41) is 20.1. The smallest absolute Gasteiger partial charge is 0.0854 e. The van der Waals surface area contributed by atoms with E-state index in [2.05, 4.69) is 35.0 Å². The second-order valence-corrected chi connectivity index (χ2v) is 9.85. The predicted molar refractivity (Wildman–Crippen MR) is 105 cm³/mol. The fourth-order valence-electron chi connectivity index (χ4n) is 2.86. The van der Waals surface area contributed by atoms with Crippen LogP contribution in [-0.4, -0.2) is 33.2 Å². The summed E-state index contributed by atoms with van der Waals surface area (Å²) in [6.07, 6.45) is 2.93. The second kappa shape index (κ2) is 9.60. The number of rotatable bonds is 6. The van der Waals surface area contributed by atoms with E-state index in [1.807, 2.05) is 19.1 Å². The molecule has 1 fully saturated rings. The molecule has 0 bridgehead atoms. The van der Waals surface area contributed by atoms with Gasteiger partial charge in [0.25, 0.3) is 0 Å². The number of thioether (sulfide) groups is 1. The number of alkyl halides is 1. The molecule has 1 saturated heterocycles. The van der Waals surface area contributed by atoms with Crippen molar-refractivity contribution in [2.24, 2.45) is 0 Å². The van der Waals surface area contributed by atoms with E-state index in [4.69, 9.17) is 16.3 Å². The van der Waals surface area contributed by atoms with Gasteiger partial charge in [0.15, 0.2) is 0 Å². The summed E-state index contributed by atoms with van der Waals surface area (Å²) in [6.45, 7) is 4.05. The molecule has 1 aromatic carbocycles. The van der Waals surface area contributed by atoms with Gasteiger partial charge in [0, 0.05) is 24.3 Å². The van der Waals surface area contributed by atoms with Crippen molar-refractivity contribution in [3.05, 3.63) is 45.3 Å². The maximum absolute atomic E-state index is 10.0. The van der Waals surface area contributed by atoms with Crippen LogP contribution < -0.4 is 0 Å². The van der Waals surface area contributed by atoms with Gasteiger partial charge in [-0.15, -0.1) is 11.8 Å². The highest BCUT2D eigenvalue weighted by atomic mass is 79.9. The Bertz CT molecular complexity index is 579. The summed E-state index contributed by atoms with van der Waals surface area (Å²) in [4.78, 5) is 1.25. The summed E-state index contributed by atoms with van der Waals surface area (Å²) in [5.41, 5.74) is 2.05. The molecule has 0 saturated carbocycles. The second-order valence-electron chi connectivity index (χ2n) is 6.00. The summed E-state index contributed by atoms with van der Waals surface area (Å²) in [5.74, 6) is 0. The van der Waals surface area contributed by atoms with Crippen LogP contribution in [0.3, 0.4) is 0 Å². The first-order valence-electron chi connectivity index (χ1n) is 8.11. The third-order valence-electron chi connectivity index (χ3n) is 4.02. The molecule has 3 nitrogen and oxygen atoms in total. The molecular formula is C18H24BrClO3S. The summed E-state index contributed by atoms with van der Waals surface area (Å²) < 4.78 is 6.24. The highest BCUT2D eigenvalue weighted by molar-refractivity contribution is 9.11. The fraction of sp³-hybridized carbons (Fsp3) is 0.556. The van der Waals surface area contributed by atoms with Crippen LogP contribution in [0.15, 0.2) is 29.2 Å². The van der Waals surface area contributed by atoms with Crippen LogP contribution in [0.25, 0.3) is 0 Å². The average molecular weight is 436 g/mol. The van der Waals surface area contributed by atoms with Crippen molar-refractivity contribution >= 4 is 39.3 Å². The van der Waals surface area contributed by atoms with Crippen LogP contribution >= 0.6 is 39.3 Å². The lowest BCUT2D eigenvalue weighted by Crippen LogP contribution is -2.33. The number of hydrogen-bond acceptors (Lipinski definition) is 4. The van der Waals surface area contributed by atoms with Crippen LogP contribution in [0.2, 0.25) is 5.02 Å². The third kappa shape index (κ3) is 5.75. The first kappa shape index (κ1) is 20.3. The third-order valence-corrected chi connectivity index (χ3v) is 5.96. The minimum absolute atomic E-state index is 0.0729. The molecule has 1 aliphatic heterocycles. The molecule has 1 aliphatic rings. The molecule has 6 heteroatoms. The van der Waals surface area contributed by atoms with Crippen LogP contribution in [0.1, 0.15) is 43.9 Å². The molecule has 0 spiro atoms. The number of hydrogen-bond donors (Lipinski definition) is 2. The zero-order chi connectivity index (χ0) is 17.7. The van der Waals surface area contributed by atoms with E-state index in [0.717, 1.165) is 22.6 Å². The van der Waals surface area contributed by atoms with Gasteiger partial charge in [0.2, 0.25) is 0 Å². The molecule has 1 heterocycles. The number of allylic oxidation sites excluding steroid dienone is 2. The van der Waals surface area contributed by atoms with Gasteiger partial charge >= 0.3 is 0 Å². The standard InChI is InChI=1S/C18H24BrClO3S/c1-3-16(24-11(2)19)7-13-6-12(4-5-17(13)20)18-9-14(22)8-15(10-21)23-18/h3-6,11,14-15,18,21-22H,7-10H2,1-2H3/b16-3-. The normalized spacial score (nSPS) is 26.4. The Morgan fingerprint density at radius 3 is 2.88 bits per heavy atom. The minimum atomic E-state index is -0.448. The number of aliphatic hydroxyl groups is 2. The largest absolute Gasteiger partial charge is 0.394 e. The van der Waals surface area contributed by atoms with E-state index in [1.165, 1.54) is 4.91 Å². The molecule has 0 aliphatic carbocycles. The number of halogens is 2. The zero-order valence-electron chi connectivity index (χ0n) is 13.9. The fourth-order valence-corrected chi connectivity index (χ4v) is 4.56. The lowest BCUT2D eigenvalue weighted by atomic mass is 9.94. The van der Waals surface area contributed by atoms with Crippen molar-refractivity contribution < 1.29 is 14.9 Å². The Kier molecular flexibility index (Phi) is 8.11. The van der Waals surface area contributed by atoms with E-state index in [1.54, 1.807) is 11.8 Å². The molecule has 134 valence electrons. The van der Waals surface area contributed by atoms with Gasteiger partial charge in [-0.3, -0.25) is 0 Å². The summed E-state index contributed by atoms with van der Waals surface area (Å²) in [6, 6.07) is 5.89. The highest BCUT2D eigenvalue weighted by Crippen LogP contribution is 2.35. The molecule has 1 aromatic rings. The maximum atomic E-state index is 10.0. The first-order valence-corrected chi connectivity index (χ1v) is 10.3. The molecule has 4 atom stereocenters. The number of benzene rings is 1. The quantitative estimate of drug-likeness (QED) is 0.628. The van der Waals surface area contributed by atoms with Gasteiger partial charge in [-0.05, 0) is 35.9 Å². The Balaban J connectivity index is 2.18. The maximum Gasteiger partial charge on any atom is 0.0854 e. The Morgan fingerprint density at radius 1 is 1.50 bits per heavy atom. The minimum Gasteiger partial charge on any atom is -0.394 e. The first-order chi connectivity index (χ1) is 11.4. The van der Waals surface area contributed by atoms with Crippen molar-refractivity contribution in [3.8, 4) is 0 Å². The van der Waals surface area contributed by atoms with Crippen molar-refractivity contribution in [2.75, 3.05) is 6.61 Å². The van der Waals surface area contributed by atoms with Crippen molar-refractivity contribution in [1.29, 1.82) is 0 Å². The van der Waals surface area contributed by atoms with Crippen LogP contribution in [-0.2, 0) is 11.2 Å².